The third-order valence-electron chi connectivity index (χ3n) is 3.48. The molecule has 0 spiro atoms. The Labute approximate surface area is 123 Å². The summed E-state index contributed by atoms with van der Waals surface area (Å²) in [4.78, 5) is 4.71. The van der Waals surface area contributed by atoms with Crippen molar-refractivity contribution in [1.82, 2.24) is 9.55 Å². The van der Waals surface area contributed by atoms with Gasteiger partial charge in [-0.25, -0.2) is 4.98 Å². The minimum Gasteiger partial charge on any atom is -0.399 e. The number of fused-ring (bicyclic) bond motifs is 1. The number of rotatable bonds is 3. The molecule has 0 radical (unpaired) electrons. The van der Waals surface area contributed by atoms with Crippen LogP contribution in [0.4, 0.5) is 5.69 Å². The van der Waals surface area contributed by atoms with E-state index < -0.39 is 0 Å². The lowest BCUT2D eigenvalue weighted by Crippen LogP contribution is -2.07. The van der Waals surface area contributed by atoms with Gasteiger partial charge in [0.25, 0.3) is 0 Å². The molecule has 3 aromatic rings. The monoisotopic (exact) mass is 276 g/mol. The number of hydrogen-bond acceptors (Lipinski definition) is 3. The number of anilines is 1. The van der Waals surface area contributed by atoms with Gasteiger partial charge in [-0.2, -0.15) is 5.26 Å². The second kappa shape index (κ2) is 5.29. The summed E-state index contributed by atoms with van der Waals surface area (Å²) in [6.07, 6.45) is 0. The van der Waals surface area contributed by atoms with Crippen LogP contribution in [-0.2, 0) is 6.54 Å². The minimum atomic E-state index is -0.0811. The van der Waals surface area contributed by atoms with Crippen LogP contribution in [0.3, 0.4) is 0 Å². The highest BCUT2D eigenvalue weighted by Crippen LogP contribution is 2.26. The molecule has 0 saturated carbocycles. The van der Waals surface area contributed by atoms with Crippen LogP contribution in [0.25, 0.3) is 22.4 Å². The zero-order valence-corrected chi connectivity index (χ0v) is 11.8. The Morgan fingerprint density at radius 1 is 1.24 bits per heavy atom. The van der Waals surface area contributed by atoms with Gasteiger partial charge in [0.05, 0.1) is 23.0 Å². The molecule has 1 aromatic heterocycles. The molecule has 2 aromatic carbocycles. The predicted octanol–water partition coefficient (Wildman–Crippen LogP) is 3.45. The van der Waals surface area contributed by atoms with Crippen LogP contribution in [0.5, 0.6) is 0 Å². The fraction of sp³-hybridized carbons (Fsp3) is 0.176. The summed E-state index contributed by atoms with van der Waals surface area (Å²) in [6.45, 7) is 2.53. The van der Waals surface area contributed by atoms with Gasteiger partial charge in [0.15, 0.2) is 0 Å². The van der Waals surface area contributed by atoms with Gasteiger partial charge in [-0.3, -0.25) is 0 Å². The zero-order chi connectivity index (χ0) is 14.8. The number of para-hydroxylation sites is 2. The first kappa shape index (κ1) is 13.2. The van der Waals surface area contributed by atoms with E-state index in [1.165, 1.54) is 0 Å². The van der Waals surface area contributed by atoms with Crippen molar-refractivity contribution in [3.8, 4) is 17.5 Å². The SMILES string of the molecule is CC(C#N)Cn1c(-c2cccc(N)c2)nc2ccccc21. The Balaban J connectivity index is 2.21. The highest BCUT2D eigenvalue weighted by atomic mass is 15.1. The number of benzene rings is 2. The maximum atomic E-state index is 9.11. The fourth-order valence-electron chi connectivity index (χ4n) is 2.47. The van der Waals surface area contributed by atoms with Gasteiger partial charge in [-0.15, -0.1) is 0 Å². The van der Waals surface area contributed by atoms with Crippen LogP contribution in [-0.4, -0.2) is 9.55 Å². The predicted molar refractivity (Wildman–Crippen MR) is 84.4 cm³/mol. The van der Waals surface area contributed by atoms with Gasteiger partial charge < -0.3 is 10.3 Å². The molecule has 4 heteroatoms. The molecular formula is C17H16N4. The van der Waals surface area contributed by atoms with Gasteiger partial charge in [0.2, 0.25) is 0 Å². The van der Waals surface area contributed by atoms with Crippen molar-refractivity contribution in [2.45, 2.75) is 13.5 Å². The van der Waals surface area contributed by atoms with Crippen LogP contribution >= 0.6 is 0 Å². The van der Waals surface area contributed by atoms with Crippen molar-refractivity contribution < 1.29 is 0 Å². The van der Waals surface area contributed by atoms with E-state index in [1.54, 1.807) is 0 Å². The number of nitriles is 1. The first-order chi connectivity index (χ1) is 10.2. The standard InChI is InChI=1S/C17H16N4/c1-12(10-18)11-21-16-8-3-2-7-15(16)20-17(21)13-5-4-6-14(19)9-13/h2-9,12H,11,19H2,1H3. The first-order valence-electron chi connectivity index (χ1n) is 6.90. The molecule has 0 saturated heterocycles. The molecule has 0 aliphatic heterocycles. The van der Waals surface area contributed by atoms with Crippen LogP contribution < -0.4 is 5.73 Å². The average Bonchev–Trinajstić information content (AvgIpc) is 2.86. The van der Waals surface area contributed by atoms with Crippen molar-refractivity contribution in [3.05, 3.63) is 48.5 Å². The summed E-state index contributed by atoms with van der Waals surface area (Å²) in [7, 11) is 0. The Kier molecular flexibility index (Phi) is 3.33. The Morgan fingerprint density at radius 3 is 2.81 bits per heavy atom. The topological polar surface area (TPSA) is 67.6 Å². The van der Waals surface area contributed by atoms with E-state index in [1.807, 2.05) is 55.5 Å². The number of nitrogens with two attached hydrogens (primary N) is 1. The molecule has 1 unspecified atom stereocenters. The lowest BCUT2D eigenvalue weighted by molar-refractivity contribution is 0.597. The number of aromatic nitrogens is 2. The van der Waals surface area contributed by atoms with E-state index in [4.69, 9.17) is 16.0 Å². The van der Waals surface area contributed by atoms with E-state index in [2.05, 4.69) is 10.6 Å². The van der Waals surface area contributed by atoms with Crippen LogP contribution in [0.1, 0.15) is 6.92 Å². The molecule has 3 rings (SSSR count). The molecule has 21 heavy (non-hydrogen) atoms. The Morgan fingerprint density at radius 2 is 2.05 bits per heavy atom. The molecule has 4 nitrogen and oxygen atoms in total. The van der Waals surface area contributed by atoms with E-state index >= 15 is 0 Å². The molecule has 1 atom stereocenters. The maximum absolute atomic E-state index is 9.11. The smallest absolute Gasteiger partial charge is 0.141 e. The van der Waals surface area contributed by atoms with Gasteiger partial charge in [-0.1, -0.05) is 24.3 Å². The van der Waals surface area contributed by atoms with Crippen molar-refractivity contribution in [2.75, 3.05) is 5.73 Å². The second-order valence-electron chi connectivity index (χ2n) is 5.19. The quantitative estimate of drug-likeness (QED) is 0.745. The van der Waals surface area contributed by atoms with Crippen LogP contribution in [0.15, 0.2) is 48.5 Å². The summed E-state index contributed by atoms with van der Waals surface area (Å²) < 4.78 is 2.10. The fourth-order valence-corrected chi connectivity index (χ4v) is 2.47. The Bertz CT molecular complexity index is 826. The highest BCUT2D eigenvalue weighted by Gasteiger charge is 2.14. The van der Waals surface area contributed by atoms with Gasteiger partial charge >= 0.3 is 0 Å². The van der Waals surface area contributed by atoms with E-state index in [0.29, 0.717) is 12.2 Å². The van der Waals surface area contributed by atoms with Gasteiger partial charge in [-0.05, 0) is 31.2 Å². The summed E-state index contributed by atoms with van der Waals surface area (Å²) in [5.74, 6) is 0.771. The van der Waals surface area contributed by atoms with Crippen molar-refractivity contribution in [1.29, 1.82) is 5.26 Å². The molecule has 1 heterocycles. The van der Waals surface area contributed by atoms with Crippen LogP contribution in [0.2, 0.25) is 0 Å². The zero-order valence-electron chi connectivity index (χ0n) is 11.8. The lowest BCUT2D eigenvalue weighted by atomic mass is 10.1. The number of imidazole rings is 1. The lowest BCUT2D eigenvalue weighted by Gasteiger charge is -2.10. The summed E-state index contributed by atoms with van der Waals surface area (Å²) in [5, 5.41) is 9.11. The second-order valence-corrected chi connectivity index (χ2v) is 5.19. The third kappa shape index (κ3) is 2.46. The summed E-state index contributed by atoms with van der Waals surface area (Å²) >= 11 is 0. The minimum absolute atomic E-state index is 0.0811. The molecule has 0 aliphatic rings. The number of nitrogens with zero attached hydrogens (tertiary/aromatic N) is 3. The third-order valence-corrected chi connectivity index (χ3v) is 3.48. The van der Waals surface area contributed by atoms with Gasteiger partial charge in [0, 0.05) is 17.8 Å². The van der Waals surface area contributed by atoms with E-state index in [0.717, 1.165) is 22.4 Å². The van der Waals surface area contributed by atoms with Crippen molar-refractivity contribution in [3.63, 3.8) is 0 Å². The largest absolute Gasteiger partial charge is 0.399 e. The summed E-state index contributed by atoms with van der Waals surface area (Å²) in [5.41, 5.74) is 9.52. The summed E-state index contributed by atoms with van der Waals surface area (Å²) in [6, 6.07) is 17.9. The normalized spacial score (nSPS) is 12.2. The van der Waals surface area contributed by atoms with E-state index in [-0.39, 0.29) is 5.92 Å². The van der Waals surface area contributed by atoms with Crippen molar-refractivity contribution >= 4 is 16.7 Å². The number of nitrogen functional groups attached to an aromatic ring is 1. The molecule has 0 bridgehead atoms. The van der Waals surface area contributed by atoms with Gasteiger partial charge in [0.1, 0.15) is 5.82 Å². The van der Waals surface area contributed by atoms with E-state index in [9.17, 15) is 0 Å². The molecule has 2 N–H and O–H groups in total. The van der Waals surface area contributed by atoms with Crippen LogP contribution in [0, 0.1) is 17.2 Å². The highest BCUT2D eigenvalue weighted by molar-refractivity contribution is 5.81. The molecule has 0 aliphatic carbocycles. The average molecular weight is 276 g/mol. The molecule has 0 amide bonds. The molecule has 104 valence electrons. The first-order valence-corrected chi connectivity index (χ1v) is 6.90. The molecule has 0 fully saturated rings. The molecular weight excluding hydrogens is 260 g/mol. The Hall–Kier alpha value is -2.80. The maximum Gasteiger partial charge on any atom is 0.141 e. The van der Waals surface area contributed by atoms with Crippen molar-refractivity contribution in [2.24, 2.45) is 5.92 Å². The number of hydrogen-bond donors (Lipinski definition) is 1.